The van der Waals surface area contributed by atoms with Gasteiger partial charge in [0.15, 0.2) is 0 Å². The lowest BCUT2D eigenvalue weighted by Gasteiger charge is -2.14. The molecular weight excluding hydrogens is 467 g/mol. The van der Waals surface area contributed by atoms with Crippen molar-refractivity contribution in [2.45, 2.75) is 10.8 Å². The Labute approximate surface area is 190 Å². The molecule has 0 fully saturated rings. The van der Waals surface area contributed by atoms with Gasteiger partial charge >= 0.3 is 0 Å². The summed E-state index contributed by atoms with van der Waals surface area (Å²) in [5.41, 5.74) is 0.106. The van der Waals surface area contributed by atoms with Gasteiger partial charge in [-0.25, -0.2) is 9.37 Å². The summed E-state index contributed by atoms with van der Waals surface area (Å²) in [7, 11) is 1.37. The molecule has 0 atom stereocenters. The highest BCUT2D eigenvalue weighted by molar-refractivity contribution is 7.99. The summed E-state index contributed by atoms with van der Waals surface area (Å²) in [5.74, 6) is -4.73. The maximum absolute atomic E-state index is 14.1. The molecule has 0 saturated heterocycles. The Balaban J connectivity index is 1.84. The smallest absolute Gasteiger partial charge is 0.290 e. The Kier molecular flexibility index (Phi) is 7.60. The molecule has 3 rings (SSSR count). The lowest BCUT2D eigenvalue weighted by Crippen LogP contribution is -2.16. The van der Waals surface area contributed by atoms with Gasteiger partial charge in [0.05, 0.1) is 23.9 Å². The molecule has 0 saturated carbocycles. The number of ether oxygens (including phenoxy) is 1. The van der Waals surface area contributed by atoms with E-state index in [1.165, 1.54) is 55.8 Å². The fourth-order valence-electron chi connectivity index (χ4n) is 2.69. The Morgan fingerprint density at radius 2 is 1.81 bits per heavy atom. The second-order valence-corrected chi connectivity index (χ2v) is 7.60. The first-order chi connectivity index (χ1) is 15.3. The van der Waals surface area contributed by atoms with Gasteiger partial charge in [0.25, 0.3) is 17.6 Å². The standard InChI is InChI=1S/C21H15ClF3N3O3S/c1-31-17-7-5-12(27-19(30)14-3-2-8-26-20(14)32-21(24)25)10-16(17)28-18(29)13-6-4-11(22)9-15(13)23/h2-10,21H,1H3,(H,27,30)(H,28,29). The van der Waals surface area contributed by atoms with Crippen molar-refractivity contribution in [1.29, 1.82) is 0 Å². The third kappa shape index (κ3) is 5.71. The molecule has 2 amide bonds. The number of nitrogens with one attached hydrogen (secondary N) is 2. The van der Waals surface area contributed by atoms with E-state index in [4.69, 9.17) is 16.3 Å². The van der Waals surface area contributed by atoms with Crippen molar-refractivity contribution >= 4 is 46.6 Å². The van der Waals surface area contributed by atoms with Gasteiger partial charge in [-0.05, 0) is 60.3 Å². The predicted octanol–water partition coefficient (Wildman–Crippen LogP) is 5.70. The minimum Gasteiger partial charge on any atom is -0.495 e. The van der Waals surface area contributed by atoms with Crippen molar-refractivity contribution in [3.8, 4) is 5.75 Å². The van der Waals surface area contributed by atoms with Crippen LogP contribution in [-0.2, 0) is 0 Å². The summed E-state index contributed by atoms with van der Waals surface area (Å²) < 4.78 is 44.7. The Hall–Kier alpha value is -3.24. The lowest BCUT2D eigenvalue weighted by atomic mass is 10.2. The largest absolute Gasteiger partial charge is 0.495 e. The van der Waals surface area contributed by atoms with E-state index in [1.54, 1.807) is 0 Å². The molecule has 1 aromatic heterocycles. The van der Waals surface area contributed by atoms with Crippen LogP contribution in [0.25, 0.3) is 0 Å². The maximum Gasteiger partial charge on any atom is 0.290 e. The highest BCUT2D eigenvalue weighted by atomic mass is 35.5. The van der Waals surface area contributed by atoms with Crippen LogP contribution in [-0.4, -0.2) is 29.7 Å². The number of carbonyl (C=O) groups is 2. The van der Waals surface area contributed by atoms with Crippen LogP contribution in [0.2, 0.25) is 5.02 Å². The second kappa shape index (κ2) is 10.4. The zero-order valence-electron chi connectivity index (χ0n) is 16.4. The van der Waals surface area contributed by atoms with Gasteiger partial charge in [-0.15, -0.1) is 0 Å². The van der Waals surface area contributed by atoms with Crippen LogP contribution in [0.1, 0.15) is 20.7 Å². The minimum absolute atomic E-state index is 0.0394. The van der Waals surface area contributed by atoms with Gasteiger partial charge in [-0.2, -0.15) is 8.78 Å². The molecular formula is C21H15ClF3N3O3S. The number of pyridine rings is 1. The van der Waals surface area contributed by atoms with E-state index in [1.807, 2.05) is 0 Å². The molecule has 0 aliphatic heterocycles. The van der Waals surface area contributed by atoms with Crippen molar-refractivity contribution in [2.24, 2.45) is 0 Å². The van der Waals surface area contributed by atoms with Crippen molar-refractivity contribution in [3.05, 3.63) is 76.7 Å². The van der Waals surface area contributed by atoms with E-state index in [0.29, 0.717) is 0 Å². The average Bonchev–Trinajstić information content (AvgIpc) is 2.73. The molecule has 32 heavy (non-hydrogen) atoms. The molecule has 0 unspecified atom stereocenters. The molecule has 0 aliphatic carbocycles. The molecule has 0 spiro atoms. The predicted molar refractivity (Wildman–Crippen MR) is 116 cm³/mol. The summed E-state index contributed by atoms with van der Waals surface area (Å²) in [6, 6.07) is 10.8. The van der Waals surface area contributed by atoms with Gasteiger partial charge in [-0.1, -0.05) is 11.6 Å². The summed E-state index contributed by atoms with van der Waals surface area (Å²) in [5, 5.41) is 5.09. The summed E-state index contributed by atoms with van der Waals surface area (Å²) in [6.07, 6.45) is 1.30. The summed E-state index contributed by atoms with van der Waals surface area (Å²) >= 11 is 5.86. The van der Waals surface area contributed by atoms with Crippen LogP contribution in [0.15, 0.2) is 59.8 Å². The lowest BCUT2D eigenvalue weighted by molar-refractivity contribution is 0.101. The third-order valence-corrected chi connectivity index (χ3v) is 5.06. The number of alkyl halides is 2. The zero-order valence-corrected chi connectivity index (χ0v) is 17.9. The van der Waals surface area contributed by atoms with E-state index in [0.717, 1.165) is 6.07 Å². The number of carbonyl (C=O) groups excluding carboxylic acids is 2. The molecule has 1 heterocycles. The molecule has 2 aromatic carbocycles. The van der Waals surface area contributed by atoms with E-state index in [2.05, 4.69) is 15.6 Å². The number of aromatic nitrogens is 1. The first kappa shape index (κ1) is 23.4. The van der Waals surface area contributed by atoms with Crippen LogP contribution in [0.3, 0.4) is 0 Å². The Morgan fingerprint density at radius 3 is 2.50 bits per heavy atom. The van der Waals surface area contributed by atoms with Gasteiger partial charge in [0.1, 0.15) is 16.6 Å². The number of hydrogen-bond acceptors (Lipinski definition) is 5. The number of amides is 2. The fraction of sp³-hybridized carbons (Fsp3) is 0.0952. The number of nitrogens with zero attached hydrogens (tertiary/aromatic N) is 1. The second-order valence-electron chi connectivity index (χ2n) is 6.18. The number of hydrogen-bond donors (Lipinski definition) is 2. The number of rotatable bonds is 7. The van der Waals surface area contributed by atoms with E-state index in [-0.39, 0.29) is 50.1 Å². The molecule has 0 bridgehead atoms. The van der Waals surface area contributed by atoms with Crippen molar-refractivity contribution in [2.75, 3.05) is 17.7 Å². The van der Waals surface area contributed by atoms with Gasteiger partial charge in [-0.3, -0.25) is 9.59 Å². The number of benzene rings is 2. The zero-order chi connectivity index (χ0) is 23.3. The van der Waals surface area contributed by atoms with Crippen LogP contribution in [0.4, 0.5) is 24.5 Å². The molecule has 0 aliphatic rings. The van der Waals surface area contributed by atoms with Crippen molar-refractivity contribution in [1.82, 2.24) is 4.98 Å². The number of thioether (sulfide) groups is 1. The summed E-state index contributed by atoms with van der Waals surface area (Å²) in [6.45, 7) is 0. The quantitative estimate of drug-likeness (QED) is 0.423. The highest BCUT2D eigenvalue weighted by Gasteiger charge is 2.18. The van der Waals surface area contributed by atoms with Gasteiger partial charge < -0.3 is 15.4 Å². The van der Waals surface area contributed by atoms with Crippen molar-refractivity contribution < 1.29 is 27.5 Å². The Morgan fingerprint density at radius 1 is 1.06 bits per heavy atom. The number of anilines is 2. The molecule has 3 aromatic rings. The SMILES string of the molecule is COc1ccc(NC(=O)c2cccnc2SC(F)F)cc1NC(=O)c1ccc(Cl)cc1F. The first-order valence-corrected chi connectivity index (χ1v) is 10.2. The van der Waals surface area contributed by atoms with Gasteiger partial charge in [0.2, 0.25) is 0 Å². The van der Waals surface area contributed by atoms with Crippen molar-refractivity contribution in [3.63, 3.8) is 0 Å². The topological polar surface area (TPSA) is 80.3 Å². The van der Waals surface area contributed by atoms with Gasteiger partial charge in [0, 0.05) is 16.9 Å². The maximum atomic E-state index is 14.1. The van der Waals surface area contributed by atoms with E-state index in [9.17, 15) is 22.8 Å². The fourth-order valence-corrected chi connectivity index (χ4v) is 3.42. The molecule has 2 N–H and O–H groups in total. The monoisotopic (exact) mass is 481 g/mol. The van der Waals surface area contributed by atoms with E-state index < -0.39 is 23.4 Å². The van der Waals surface area contributed by atoms with Crippen LogP contribution in [0, 0.1) is 5.82 Å². The molecule has 166 valence electrons. The summed E-state index contributed by atoms with van der Waals surface area (Å²) in [4.78, 5) is 28.9. The van der Waals surface area contributed by atoms with Crippen LogP contribution < -0.4 is 15.4 Å². The average molecular weight is 482 g/mol. The third-order valence-electron chi connectivity index (χ3n) is 4.10. The number of methoxy groups -OCH3 is 1. The van der Waals surface area contributed by atoms with E-state index >= 15 is 0 Å². The molecule has 0 radical (unpaired) electrons. The molecule has 6 nitrogen and oxygen atoms in total. The van der Waals surface area contributed by atoms with Crippen LogP contribution in [0.5, 0.6) is 5.75 Å². The minimum atomic E-state index is -2.74. The number of halogens is 4. The normalized spacial score (nSPS) is 10.7. The van der Waals surface area contributed by atoms with Crippen LogP contribution >= 0.6 is 23.4 Å². The first-order valence-electron chi connectivity index (χ1n) is 8.94. The Bertz CT molecular complexity index is 1160. The molecule has 11 heteroatoms. The highest BCUT2D eigenvalue weighted by Crippen LogP contribution is 2.30.